The number of hydrogen-bond donors (Lipinski definition) is 1. The molecular formula is C13H18Cl2N2O. The second kappa shape index (κ2) is 7.49. The van der Waals surface area contributed by atoms with Gasteiger partial charge in [-0.1, -0.05) is 42.6 Å². The summed E-state index contributed by atoms with van der Waals surface area (Å²) < 4.78 is 0. The molecule has 0 heterocycles. The Morgan fingerprint density at radius 1 is 1.33 bits per heavy atom. The molecule has 1 N–H and O–H groups in total. The Labute approximate surface area is 118 Å². The zero-order valence-corrected chi connectivity index (χ0v) is 12.2. The molecule has 0 aliphatic heterocycles. The molecule has 1 rings (SSSR count). The number of rotatable bonds is 5. The molecule has 0 aliphatic rings. The van der Waals surface area contributed by atoms with E-state index in [1.807, 2.05) is 6.07 Å². The van der Waals surface area contributed by atoms with E-state index in [0.29, 0.717) is 23.1 Å². The van der Waals surface area contributed by atoms with E-state index < -0.39 is 0 Å². The lowest BCUT2D eigenvalue weighted by molar-refractivity contribution is 0.207. The van der Waals surface area contributed by atoms with Crippen LogP contribution < -0.4 is 5.32 Å². The minimum Gasteiger partial charge on any atom is -0.338 e. The van der Waals surface area contributed by atoms with Crippen molar-refractivity contribution in [1.29, 1.82) is 0 Å². The molecular weight excluding hydrogens is 271 g/mol. The van der Waals surface area contributed by atoms with Gasteiger partial charge in [-0.2, -0.15) is 0 Å². The Morgan fingerprint density at radius 3 is 2.67 bits per heavy atom. The molecule has 1 aromatic rings. The van der Waals surface area contributed by atoms with Crippen molar-refractivity contribution in [2.75, 3.05) is 13.6 Å². The van der Waals surface area contributed by atoms with Crippen molar-refractivity contribution in [3.63, 3.8) is 0 Å². The molecule has 2 amide bonds. The molecule has 0 saturated carbocycles. The van der Waals surface area contributed by atoms with Crippen LogP contribution >= 0.6 is 23.2 Å². The van der Waals surface area contributed by atoms with E-state index in [0.717, 1.165) is 18.4 Å². The number of urea groups is 1. The number of nitrogens with one attached hydrogen (secondary N) is 1. The highest BCUT2D eigenvalue weighted by Gasteiger charge is 2.09. The third-order valence-corrected chi connectivity index (χ3v) is 3.30. The van der Waals surface area contributed by atoms with Gasteiger partial charge in [0.1, 0.15) is 0 Å². The summed E-state index contributed by atoms with van der Waals surface area (Å²) in [6.07, 6.45) is 2.06. The van der Waals surface area contributed by atoms with E-state index in [9.17, 15) is 4.79 Å². The van der Waals surface area contributed by atoms with Crippen LogP contribution in [0, 0.1) is 0 Å². The summed E-state index contributed by atoms with van der Waals surface area (Å²) in [6, 6.07) is 5.31. The average Bonchev–Trinajstić information content (AvgIpc) is 2.34. The summed E-state index contributed by atoms with van der Waals surface area (Å²) in [5.74, 6) is 0. The first-order valence-corrected chi connectivity index (χ1v) is 6.73. The fourth-order valence-corrected chi connectivity index (χ4v) is 1.81. The second-order valence-electron chi connectivity index (χ2n) is 4.19. The van der Waals surface area contributed by atoms with Crippen molar-refractivity contribution in [3.8, 4) is 0 Å². The highest BCUT2D eigenvalue weighted by molar-refractivity contribution is 6.42. The van der Waals surface area contributed by atoms with Crippen molar-refractivity contribution in [2.45, 2.75) is 26.3 Å². The third kappa shape index (κ3) is 4.75. The predicted octanol–water partition coefficient (Wildman–Crippen LogP) is 3.93. The molecule has 0 atom stereocenters. The number of carbonyl (C=O) groups is 1. The van der Waals surface area contributed by atoms with Crippen LogP contribution in [0.3, 0.4) is 0 Å². The molecule has 0 spiro atoms. The van der Waals surface area contributed by atoms with Crippen LogP contribution in [0.25, 0.3) is 0 Å². The number of benzene rings is 1. The molecule has 0 aromatic heterocycles. The Kier molecular flexibility index (Phi) is 6.30. The van der Waals surface area contributed by atoms with Crippen molar-refractivity contribution < 1.29 is 4.79 Å². The molecule has 1 aromatic carbocycles. The van der Waals surface area contributed by atoms with E-state index in [1.165, 1.54) is 0 Å². The molecule has 0 saturated heterocycles. The summed E-state index contributed by atoms with van der Waals surface area (Å²) >= 11 is 11.8. The second-order valence-corrected chi connectivity index (χ2v) is 5.00. The fourth-order valence-electron chi connectivity index (χ4n) is 1.49. The monoisotopic (exact) mass is 288 g/mol. The normalized spacial score (nSPS) is 10.2. The molecule has 5 heteroatoms. The highest BCUT2D eigenvalue weighted by atomic mass is 35.5. The quantitative estimate of drug-likeness (QED) is 0.818. The number of carbonyl (C=O) groups excluding carboxylic acids is 1. The third-order valence-electron chi connectivity index (χ3n) is 2.56. The van der Waals surface area contributed by atoms with Crippen molar-refractivity contribution in [3.05, 3.63) is 33.8 Å². The van der Waals surface area contributed by atoms with Crippen LogP contribution in [0.15, 0.2) is 18.2 Å². The first kappa shape index (κ1) is 15.1. The van der Waals surface area contributed by atoms with E-state index in [2.05, 4.69) is 12.2 Å². The maximum atomic E-state index is 11.7. The lowest BCUT2D eigenvalue weighted by atomic mass is 10.2. The molecule has 0 unspecified atom stereocenters. The number of amides is 2. The topological polar surface area (TPSA) is 32.3 Å². The Bertz CT molecular complexity index is 410. The molecule has 0 aliphatic carbocycles. The predicted molar refractivity (Wildman–Crippen MR) is 76.2 cm³/mol. The van der Waals surface area contributed by atoms with Crippen LogP contribution in [-0.4, -0.2) is 24.5 Å². The Hall–Kier alpha value is -0.930. The van der Waals surface area contributed by atoms with Gasteiger partial charge in [0.15, 0.2) is 0 Å². The summed E-state index contributed by atoms with van der Waals surface area (Å²) in [5, 5.41) is 3.89. The maximum absolute atomic E-state index is 11.7. The van der Waals surface area contributed by atoms with Gasteiger partial charge in [0, 0.05) is 20.1 Å². The lowest BCUT2D eigenvalue weighted by Crippen LogP contribution is -2.37. The van der Waals surface area contributed by atoms with Crippen LogP contribution in [0.2, 0.25) is 10.0 Å². The van der Waals surface area contributed by atoms with E-state index in [4.69, 9.17) is 23.2 Å². The van der Waals surface area contributed by atoms with Crippen LogP contribution in [0.5, 0.6) is 0 Å². The fraction of sp³-hybridized carbons (Fsp3) is 0.462. The summed E-state index contributed by atoms with van der Waals surface area (Å²) in [5.41, 5.74) is 0.956. The van der Waals surface area contributed by atoms with Gasteiger partial charge in [0.2, 0.25) is 0 Å². The summed E-state index contributed by atoms with van der Waals surface area (Å²) in [7, 11) is 1.75. The van der Waals surface area contributed by atoms with Crippen molar-refractivity contribution in [1.82, 2.24) is 10.2 Å². The SMILES string of the molecule is CCCCNC(=O)N(C)Cc1ccc(Cl)c(Cl)c1. The highest BCUT2D eigenvalue weighted by Crippen LogP contribution is 2.23. The van der Waals surface area contributed by atoms with Crippen LogP contribution in [-0.2, 0) is 6.54 Å². The number of nitrogens with zero attached hydrogens (tertiary/aromatic N) is 1. The van der Waals surface area contributed by atoms with Gasteiger partial charge in [-0.05, 0) is 24.1 Å². The minimum atomic E-state index is -0.0745. The molecule has 0 radical (unpaired) electrons. The standard InChI is InChI=1S/C13H18Cl2N2O/c1-3-4-7-16-13(18)17(2)9-10-5-6-11(14)12(15)8-10/h5-6,8H,3-4,7,9H2,1-2H3,(H,16,18). The van der Waals surface area contributed by atoms with Crippen LogP contribution in [0.1, 0.15) is 25.3 Å². The molecule has 100 valence electrons. The zero-order valence-electron chi connectivity index (χ0n) is 10.7. The number of hydrogen-bond acceptors (Lipinski definition) is 1. The molecule has 3 nitrogen and oxygen atoms in total. The van der Waals surface area contributed by atoms with E-state index >= 15 is 0 Å². The summed E-state index contributed by atoms with van der Waals surface area (Å²) in [4.78, 5) is 13.4. The number of unbranched alkanes of at least 4 members (excludes halogenated alkanes) is 1. The van der Waals surface area contributed by atoms with E-state index in [-0.39, 0.29) is 6.03 Å². The van der Waals surface area contributed by atoms with Crippen molar-refractivity contribution >= 4 is 29.2 Å². The van der Waals surface area contributed by atoms with E-state index in [1.54, 1.807) is 24.1 Å². The lowest BCUT2D eigenvalue weighted by Gasteiger charge is -2.18. The Morgan fingerprint density at radius 2 is 2.06 bits per heavy atom. The summed E-state index contributed by atoms with van der Waals surface area (Å²) in [6.45, 7) is 3.31. The molecule has 0 bridgehead atoms. The zero-order chi connectivity index (χ0) is 13.5. The number of halogens is 2. The largest absolute Gasteiger partial charge is 0.338 e. The Balaban J connectivity index is 2.50. The minimum absolute atomic E-state index is 0.0745. The smallest absolute Gasteiger partial charge is 0.317 e. The van der Waals surface area contributed by atoms with Crippen molar-refractivity contribution in [2.24, 2.45) is 0 Å². The van der Waals surface area contributed by atoms with Gasteiger partial charge in [-0.15, -0.1) is 0 Å². The van der Waals surface area contributed by atoms with Gasteiger partial charge in [0.05, 0.1) is 10.0 Å². The first-order valence-electron chi connectivity index (χ1n) is 5.97. The maximum Gasteiger partial charge on any atom is 0.317 e. The average molecular weight is 289 g/mol. The van der Waals surface area contributed by atoms with Gasteiger partial charge in [-0.3, -0.25) is 0 Å². The van der Waals surface area contributed by atoms with Gasteiger partial charge < -0.3 is 10.2 Å². The molecule has 18 heavy (non-hydrogen) atoms. The van der Waals surface area contributed by atoms with Crippen LogP contribution in [0.4, 0.5) is 4.79 Å². The van der Waals surface area contributed by atoms with Gasteiger partial charge in [-0.25, -0.2) is 4.79 Å². The molecule has 0 fully saturated rings. The van der Waals surface area contributed by atoms with Gasteiger partial charge >= 0.3 is 6.03 Å². The van der Waals surface area contributed by atoms with Gasteiger partial charge in [0.25, 0.3) is 0 Å². The first-order chi connectivity index (χ1) is 8.54.